The van der Waals surface area contributed by atoms with E-state index in [4.69, 9.17) is 4.74 Å². The molecular formula is C23H25FN2O3. The van der Waals surface area contributed by atoms with E-state index >= 15 is 0 Å². The summed E-state index contributed by atoms with van der Waals surface area (Å²) in [4.78, 5) is 16.9. The summed E-state index contributed by atoms with van der Waals surface area (Å²) >= 11 is 0. The number of piperidine rings is 1. The molecule has 3 heterocycles. The zero-order valence-electron chi connectivity index (χ0n) is 16.5. The summed E-state index contributed by atoms with van der Waals surface area (Å²) < 4.78 is 19.5. The quantitative estimate of drug-likeness (QED) is 0.791. The van der Waals surface area contributed by atoms with Gasteiger partial charge in [0.2, 0.25) is 0 Å². The van der Waals surface area contributed by atoms with Gasteiger partial charge in [-0.2, -0.15) is 0 Å². The van der Waals surface area contributed by atoms with Crippen molar-refractivity contribution >= 4 is 11.7 Å². The Bertz CT molecular complexity index is 969. The fraction of sp³-hybridized carbons (Fsp3) is 0.435. The number of carbonyl (C=O) groups is 1. The van der Waals surface area contributed by atoms with Crippen LogP contribution in [0.25, 0.3) is 0 Å². The molecule has 3 aliphatic rings. The average Bonchev–Trinajstić information content (AvgIpc) is 2.94. The highest BCUT2D eigenvalue weighted by molar-refractivity contribution is 5.95. The van der Waals surface area contributed by atoms with Gasteiger partial charge in [0.1, 0.15) is 23.2 Å². The second-order valence-electron chi connectivity index (χ2n) is 8.64. The van der Waals surface area contributed by atoms with E-state index in [0.717, 1.165) is 49.3 Å². The van der Waals surface area contributed by atoms with Gasteiger partial charge < -0.3 is 14.7 Å². The molecule has 0 aliphatic carbocycles. The molecule has 5 nitrogen and oxygen atoms in total. The van der Waals surface area contributed by atoms with E-state index in [2.05, 4.69) is 16.8 Å². The van der Waals surface area contributed by atoms with Crippen molar-refractivity contribution in [3.8, 4) is 5.75 Å². The van der Waals surface area contributed by atoms with Gasteiger partial charge in [-0.3, -0.25) is 4.90 Å². The lowest BCUT2D eigenvalue weighted by molar-refractivity contribution is 0.0110. The van der Waals surface area contributed by atoms with Gasteiger partial charge in [-0.05, 0) is 61.3 Å². The maximum absolute atomic E-state index is 13.9. The van der Waals surface area contributed by atoms with Crippen LogP contribution in [0.4, 0.5) is 10.1 Å². The van der Waals surface area contributed by atoms with Crippen molar-refractivity contribution in [2.45, 2.75) is 30.8 Å². The number of halogens is 1. The van der Waals surface area contributed by atoms with E-state index in [-0.39, 0.29) is 23.1 Å². The predicted octanol–water partition coefficient (Wildman–Crippen LogP) is 3.10. The van der Waals surface area contributed by atoms with Crippen LogP contribution in [0.3, 0.4) is 0 Å². The number of cyclic esters (lactones) is 1. The topological polar surface area (TPSA) is 53.0 Å². The third kappa shape index (κ3) is 3.06. The fourth-order valence-electron chi connectivity index (χ4n) is 5.36. The smallest absolute Gasteiger partial charge is 0.342 e. The van der Waals surface area contributed by atoms with Crippen LogP contribution in [0.2, 0.25) is 0 Å². The first-order valence-corrected chi connectivity index (χ1v) is 10.2. The van der Waals surface area contributed by atoms with Gasteiger partial charge in [0, 0.05) is 37.7 Å². The molecule has 0 aromatic heterocycles. The number of phenols is 1. The number of fused-ring (bicyclic) bond motifs is 3. The van der Waals surface area contributed by atoms with Gasteiger partial charge in [-0.1, -0.05) is 12.1 Å². The average molecular weight is 396 g/mol. The number of likely N-dealkylation sites (N-methyl/N-ethyl adjacent to an activating group) is 1. The molecule has 0 amide bonds. The molecule has 1 saturated heterocycles. The Hall–Kier alpha value is -2.60. The number of esters is 1. The number of anilines is 1. The maximum Gasteiger partial charge on any atom is 0.342 e. The number of hydrogen-bond donors (Lipinski definition) is 1. The summed E-state index contributed by atoms with van der Waals surface area (Å²) in [6, 6.07) is 10.3. The number of rotatable bonds is 2. The highest BCUT2D eigenvalue weighted by Gasteiger charge is 2.44. The van der Waals surface area contributed by atoms with Crippen LogP contribution in [0.15, 0.2) is 36.4 Å². The number of phenolic OH excluding ortho intramolecular Hbond substituents is 1. The van der Waals surface area contributed by atoms with Crippen LogP contribution >= 0.6 is 0 Å². The lowest BCUT2D eigenvalue weighted by atomic mass is 9.74. The first-order chi connectivity index (χ1) is 13.9. The maximum atomic E-state index is 13.9. The molecule has 152 valence electrons. The molecule has 6 heteroatoms. The highest BCUT2D eigenvalue weighted by Crippen LogP contribution is 2.46. The van der Waals surface area contributed by atoms with Crippen LogP contribution in [-0.4, -0.2) is 55.3 Å². The molecule has 1 spiro atoms. The Morgan fingerprint density at radius 2 is 2.03 bits per heavy atom. The van der Waals surface area contributed by atoms with Gasteiger partial charge in [-0.25, -0.2) is 9.18 Å². The van der Waals surface area contributed by atoms with E-state index in [1.165, 1.54) is 12.1 Å². The van der Waals surface area contributed by atoms with Crippen LogP contribution < -0.4 is 4.90 Å². The van der Waals surface area contributed by atoms with Gasteiger partial charge >= 0.3 is 5.97 Å². The molecule has 3 aliphatic heterocycles. The molecule has 2 aromatic rings. The Labute approximate surface area is 169 Å². The summed E-state index contributed by atoms with van der Waals surface area (Å²) in [6.07, 6.45) is 2.34. The molecule has 5 rings (SSSR count). The zero-order valence-corrected chi connectivity index (χ0v) is 16.5. The van der Waals surface area contributed by atoms with Crippen molar-refractivity contribution in [3.63, 3.8) is 0 Å². The van der Waals surface area contributed by atoms with E-state index in [1.807, 2.05) is 12.1 Å². The fourth-order valence-corrected chi connectivity index (χ4v) is 5.36. The van der Waals surface area contributed by atoms with Gasteiger partial charge in [-0.15, -0.1) is 0 Å². The molecule has 29 heavy (non-hydrogen) atoms. The Balaban J connectivity index is 1.27. The molecule has 2 aromatic carbocycles. The lowest BCUT2D eigenvalue weighted by Gasteiger charge is -2.41. The second-order valence-corrected chi connectivity index (χ2v) is 8.64. The van der Waals surface area contributed by atoms with Crippen molar-refractivity contribution in [2.24, 2.45) is 0 Å². The van der Waals surface area contributed by atoms with E-state index in [1.54, 1.807) is 12.1 Å². The normalized spacial score (nSPS) is 23.0. The SMILES string of the molecule is CN1CC2(CCN(CC3Cc4cccc(O)c4C(=O)O3)CC2)c2cc(F)ccc21. The minimum Gasteiger partial charge on any atom is -0.507 e. The molecule has 0 bridgehead atoms. The molecule has 0 saturated carbocycles. The Morgan fingerprint density at radius 3 is 2.83 bits per heavy atom. The second kappa shape index (κ2) is 6.73. The predicted molar refractivity (Wildman–Crippen MR) is 108 cm³/mol. The number of carbonyl (C=O) groups excluding carboxylic acids is 1. The molecule has 1 unspecified atom stereocenters. The van der Waals surface area contributed by atoms with Gasteiger partial charge in [0.15, 0.2) is 0 Å². The van der Waals surface area contributed by atoms with Gasteiger partial charge in [0.05, 0.1) is 0 Å². The standard InChI is InChI=1S/C23H25FN2O3/c1-25-14-23(18-12-16(24)5-6-19(18)25)7-9-26(10-8-23)13-17-11-15-3-2-4-20(27)21(15)22(28)29-17/h2-6,12,17,27H,7-11,13-14H2,1H3. The number of benzene rings is 2. The van der Waals surface area contributed by atoms with E-state index < -0.39 is 5.97 Å². The molecule has 1 N–H and O–H groups in total. The number of ether oxygens (including phenoxy) is 1. The summed E-state index contributed by atoms with van der Waals surface area (Å²) in [6.45, 7) is 3.39. The molecule has 1 fully saturated rings. The van der Waals surface area contributed by atoms with Gasteiger partial charge in [0.25, 0.3) is 0 Å². The largest absolute Gasteiger partial charge is 0.507 e. The van der Waals surface area contributed by atoms with Crippen molar-refractivity contribution in [1.82, 2.24) is 4.90 Å². The Morgan fingerprint density at radius 1 is 1.24 bits per heavy atom. The minimum absolute atomic E-state index is 0.00428. The zero-order chi connectivity index (χ0) is 20.2. The van der Waals surface area contributed by atoms with E-state index in [9.17, 15) is 14.3 Å². The number of nitrogens with zero attached hydrogens (tertiary/aromatic N) is 2. The molecule has 0 radical (unpaired) electrons. The highest BCUT2D eigenvalue weighted by atomic mass is 19.1. The Kier molecular flexibility index (Phi) is 4.28. The summed E-state index contributed by atoms with van der Waals surface area (Å²) in [7, 11) is 2.08. The molecule has 1 atom stereocenters. The van der Waals surface area contributed by atoms with Crippen molar-refractivity contribution in [1.29, 1.82) is 0 Å². The van der Waals surface area contributed by atoms with Crippen LogP contribution in [-0.2, 0) is 16.6 Å². The third-order valence-electron chi connectivity index (χ3n) is 6.81. The summed E-state index contributed by atoms with van der Waals surface area (Å²) in [5.41, 5.74) is 3.42. The number of likely N-dealkylation sites (tertiary alicyclic amines) is 1. The van der Waals surface area contributed by atoms with Crippen LogP contribution in [0, 0.1) is 5.82 Å². The van der Waals surface area contributed by atoms with Crippen LogP contribution in [0.1, 0.15) is 34.3 Å². The van der Waals surface area contributed by atoms with Crippen molar-refractivity contribution < 1.29 is 19.0 Å². The third-order valence-corrected chi connectivity index (χ3v) is 6.81. The van der Waals surface area contributed by atoms with E-state index in [0.29, 0.717) is 18.5 Å². The lowest BCUT2D eigenvalue weighted by Crippen LogP contribution is -2.48. The number of hydrogen-bond acceptors (Lipinski definition) is 5. The van der Waals surface area contributed by atoms with Crippen molar-refractivity contribution in [2.75, 3.05) is 38.1 Å². The number of aromatic hydroxyl groups is 1. The first-order valence-electron chi connectivity index (χ1n) is 10.2. The minimum atomic E-state index is -0.440. The van der Waals surface area contributed by atoms with Crippen molar-refractivity contribution in [3.05, 3.63) is 58.9 Å². The molecular weight excluding hydrogens is 371 g/mol. The van der Waals surface area contributed by atoms with Crippen LogP contribution in [0.5, 0.6) is 5.75 Å². The first kappa shape index (κ1) is 18.4. The monoisotopic (exact) mass is 396 g/mol. The summed E-state index contributed by atoms with van der Waals surface area (Å²) in [5.74, 6) is -0.622. The summed E-state index contributed by atoms with van der Waals surface area (Å²) in [5, 5.41) is 9.93.